The molecule has 0 radical (unpaired) electrons. The van der Waals surface area contributed by atoms with Gasteiger partial charge >= 0.3 is 0 Å². The number of furan rings is 1. The standard InChI is InChI=1S/C17H22N2O2S/c1-2-15-3-4-16(21-15)11-19-8-5-14(6-9-19)18-17(20)13-7-10-22-12-13/h3-4,7,10,12,14H,2,5-6,8-9,11H2,1H3,(H,18,20). The monoisotopic (exact) mass is 318 g/mol. The number of amides is 1. The smallest absolute Gasteiger partial charge is 0.252 e. The second kappa shape index (κ2) is 7.11. The molecular weight excluding hydrogens is 296 g/mol. The van der Waals surface area contributed by atoms with Gasteiger partial charge in [-0.25, -0.2) is 0 Å². The van der Waals surface area contributed by atoms with E-state index in [1.807, 2.05) is 16.8 Å². The number of rotatable bonds is 5. The molecule has 0 spiro atoms. The third-order valence-electron chi connectivity index (χ3n) is 4.15. The van der Waals surface area contributed by atoms with Crippen molar-refractivity contribution in [1.29, 1.82) is 0 Å². The van der Waals surface area contributed by atoms with Gasteiger partial charge in [-0.2, -0.15) is 11.3 Å². The summed E-state index contributed by atoms with van der Waals surface area (Å²) < 4.78 is 5.77. The average Bonchev–Trinajstić information content (AvgIpc) is 3.20. The van der Waals surface area contributed by atoms with Crippen molar-refractivity contribution in [3.8, 4) is 0 Å². The van der Waals surface area contributed by atoms with Gasteiger partial charge in [0.15, 0.2) is 0 Å². The van der Waals surface area contributed by atoms with Gasteiger partial charge in [-0.05, 0) is 36.4 Å². The molecule has 0 bridgehead atoms. The maximum Gasteiger partial charge on any atom is 0.252 e. The number of hydrogen-bond donors (Lipinski definition) is 1. The molecule has 1 aliphatic heterocycles. The normalized spacial score (nSPS) is 16.8. The van der Waals surface area contributed by atoms with E-state index in [0.29, 0.717) is 0 Å². The van der Waals surface area contributed by atoms with Crippen molar-refractivity contribution in [2.24, 2.45) is 0 Å². The van der Waals surface area contributed by atoms with Crippen LogP contribution in [0.4, 0.5) is 0 Å². The van der Waals surface area contributed by atoms with Crippen LogP contribution in [0.1, 0.15) is 41.6 Å². The Morgan fingerprint density at radius 3 is 2.73 bits per heavy atom. The Bertz CT molecular complexity index is 598. The molecule has 0 aliphatic carbocycles. The zero-order chi connectivity index (χ0) is 15.4. The van der Waals surface area contributed by atoms with Crippen LogP contribution in [0.25, 0.3) is 0 Å². The first-order valence-electron chi connectivity index (χ1n) is 7.87. The maximum absolute atomic E-state index is 12.0. The largest absolute Gasteiger partial charge is 0.465 e. The third kappa shape index (κ3) is 3.78. The number of hydrogen-bond acceptors (Lipinski definition) is 4. The highest BCUT2D eigenvalue weighted by atomic mass is 32.1. The fourth-order valence-electron chi connectivity index (χ4n) is 2.82. The summed E-state index contributed by atoms with van der Waals surface area (Å²) >= 11 is 1.56. The molecule has 1 fully saturated rings. The molecule has 1 amide bonds. The van der Waals surface area contributed by atoms with Crippen LogP contribution in [0.5, 0.6) is 0 Å². The van der Waals surface area contributed by atoms with E-state index in [0.717, 1.165) is 56.0 Å². The van der Waals surface area contributed by atoms with Gasteiger partial charge in [0.2, 0.25) is 0 Å². The summed E-state index contributed by atoms with van der Waals surface area (Å²) in [5.41, 5.74) is 0.773. The van der Waals surface area contributed by atoms with Crippen LogP contribution >= 0.6 is 11.3 Å². The van der Waals surface area contributed by atoms with Crippen molar-refractivity contribution in [3.63, 3.8) is 0 Å². The highest BCUT2D eigenvalue weighted by molar-refractivity contribution is 7.08. The topological polar surface area (TPSA) is 45.5 Å². The fourth-order valence-corrected chi connectivity index (χ4v) is 3.45. The molecule has 0 atom stereocenters. The number of nitrogens with one attached hydrogen (secondary N) is 1. The fraction of sp³-hybridized carbons (Fsp3) is 0.471. The molecule has 0 unspecified atom stereocenters. The van der Waals surface area contributed by atoms with Gasteiger partial charge in [0.1, 0.15) is 11.5 Å². The van der Waals surface area contributed by atoms with E-state index in [9.17, 15) is 4.79 Å². The molecule has 2 aromatic heterocycles. The Morgan fingerprint density at radius 1 is 1.32 bits per heavy atom. The number of piperidine rings is 1. The van der Waals surface area contributed by atoms with Gasteiger partial charge in [-0.15, -0.1) is 0 Å². The van der Waals surface area contributed by atoms with Crippen molar-refractivity contribution >= 4 is 17.2 Å². The van der Waals surface area contributed by atoms with Crippen molar-refractivity contribution in [3.05, 3.63) is 46.0 Å². The van der Waals surface area contributed by atoms with Crippen molar-refractivity contribution in [2.45, 2.75) is 38.8 Å². The van der Waals surface area contributed by atoms with Crippen LogP contribution in [-0.2, 0) is 13.0 Å². The summed E-state index contributed by atoms with van der Waals surface area (Å²) in [6.07, 6.45) is 2.94. The molecule has 0 saturated carbocycles. The molecule has 5 heteroatoms. The van der Waals surface area contributed by atoms with Gasteiger partial charge < -0.3 is 9.73 Å². The first kappa shape index (κ1) is 15.3. The van der Waals surface area contributed by atoms with Crippen LogP contribution in [0.3, 0.4) is 0 Å². The number of carbonyl (C=O) groups is 1. The van der Waals surface area contributed by atoms with Crippen LogP contribution < -0.4 is 5.32 Å². The van der Waals surface area contributed by atoms with Gasteiger partial charge in [-0.3, -0.25) is 9.69 Å². The van der Waals surface area contributed by atoms with Crippen molar-refractivity contribution < 1.29 is 9.21 Å². The SMILES string of the molecule is CCc1ccc(CN2CCC(NC(=O)c3ccsc3)CC2)o1. The van der Waals surface area contributed by atoms with E-state index in [-0.39, 0.29) is 11.9 Å². The zero-order valence-electron chi connectivity index (χ0n) is 12.9. The van der Waals surface area contributed by atoms with Crippen LogP contribution in [0.15, 0.2) is 33.4 Å². The summed E-state index contributed by atoms with van der Waals surface area (Å²) in [7, 11) is 0. The molecule has 3 heterocycles. The Kier molecular flexibility index (Phi) is 4.95. The van der Waals surface area contributed by atoms with E-state index < -0.39 is 0 Å². The lowest BCUT2D eigenvalue weighted by molar-refractivity contribution is 0.0906. The minimum absolute atomic E-state index is 0.0540. The highest BCUT2D eigenvalue weighted by Gasteiger charge is 2.21. The van der Waals surface area contributed by atoms with E-state index in [4.69, 9.17) is 4.42 Å². The molecule has 2 aromatic rings. The second-order valence-electron chi connectivity index (χ2n) is 5.76. The number of carbonyl (C=O) groups excluding carboxylic acids is 1. The van der Waals surface area contributed by atoms with Gasteiger partial charge in [-0.1, -0.05) is 6.92 Å². The highest BCUT2D eigenvalue weighted by Crippen LogP contribution is 2.17. The molecule has 1 N–H and O–H groups in total. The minimum atomic E-state index is 0.0540. The number of thiophene rings is 1. The molecule has 3 rings (SSSR count). The number of nitrogens with zero attached hydrogens (tertiary/aromatic N) is 1. The molecule has 0 aromatic carbocycles. The predicted octanol–water partition coefficient (Wildman–Crippen LogP) is 3.30. The van der Waals surface area contributed by atoms with Crippen LogP contribution in [0, 0.1) is 0 Å². The van der Waals surface area contributed by atoms with Crippen molar-refractivity contribution in [1.82, 2.24) is 10.2 Å². The molecule has 1 saturated heterocycles. The molecule has 118 valence electrons. The Morgan fingerprint density at radius 2 is 2.09 bits per heavy atom. The van der Waals surface area contributed by atoms with Gasteiger partial charge in [0.25, 0.3) is 5.91 Å². The van der Waals surface area contributed by atoms with E-state index in [1.165, 1.54) is 0 Å². The molecule has 4 nitrogen and oxygen atoms in total. The van der Waals surface area contributed by atoms with Gasteiger partial charge in [0, 0.05) is 36.5 Å². The lowest BCUT2D eigenvalue weighted by atomic mass is 10.0. The maximum atomic E-state index is 12.0. The lowest BCUT2D eigenvalue weighted by Crippen LogP contribution is -2.44. The number of aryl methyl sites for hydroxylation is 1. The van der Waals surface area contributed by atoms with Crippen LogP contribution in [-0.4, -0.2) is 29.9 Å². The van der Waals surface area contributed by atoms with Crippen LogP contribution in [0.2, 0.25) is 0 Å². The summed E-state index contributed by atoms with van der Waals surface area (Å²) in [6.45, 7) is 4.96. The minimum Gasteiger partial charge on any atom is -0.465 e. The van der Waals surface area contributed by atoms with E-state index in [1.54, 1.807) is 11.3 Å². The van der Waals surface area contributed by atoms with E-state index in [2.05, 4.69) is 29.3 Å². The summed E-state index contributed by atoms with van der Waals surface area (Å²) in [5.74, 6) is 2.14. The van der Waals surface area contributed by atoms with Gasteiger partial charge in [0.05, 0.1) is 6.54 Å². The molecule has 1 aliphatic rings. The Hall–Kier alpha value is -1.59. The quantitative estimate of drug-likeness (QED) is 0.920. The average molecular weight is 318 g/mol. The van der Waals surface area contributed by atoms with E-state index >= 15 is 0 Å². The zero-order valence-corrected chi connectivity index (χ0v) is 13.7. The van der Waals surface area contributed by atoms with Crippen molar-refractivity contribution in [2.75, 3.05) is 13.1 Å². The summed E-state index contributed by atoms with van der Waals surface area (Å²) in [6, 6.07) is 6.29. The summed E-state index contributed by atoms with van der Waals surface area (Å²) in [4.78, 5) is 14.4. The third-order valence-corrected chi connectivity index (χ3v) is 4.83. The second-order valence-corrected chi connectivity index (χ2v) is 6.54. The Labute approximate surface area is 135 Å². The number of likely N-dealkylation sites (tertiary alicyclic amines) is 1. The predicted molar refractivity (Wildman–Crippen MR) is 88.2 cm³/mol. The molecule has 22 heavy (non-hydrogen) atoms. The Balaban J connectivity index is 1.45. The lowest BCUT2D eigenvalue weighted by Gasteiger charge is -2.31. The summed E-state index contributed by atoms with van der Waals surface area (Å²) in [5, 5.41) is 6.97. The first-order valence-corrected chi connectivity index (χ1v) is 8.82. The molecular formula is C17H22N2O2S. The first-order chi connectivity index (χ1) is 10.7.